The van der Waals surface area contributed by atoms with Crippen molar-refractivity contribution in [2.75, 3.05) is 13.1 Å². The van der Waals surface area contributed by atoms with E-state index < -0.39 is 35.6 Å². The van der Waals surface area contributed by atoms with Crippen molar-refractivity contribution in [1.29, 1.82) is 5.26 Å². The average molecular weight is 433 g/mol. The van der Waals surface area contributed by atoms with Gasteiger partial charge >= 0.3 is 6.09 Å². The molecule has 1 aromatic rings. The van der Waals surface area contributed by atoms with E-state index in [9.17, 15) is 24.8 Å². The largest absolute Gasteiger partial charge is 0.508 e. The number of carbonyl (C=O) groups excluding carboxylic acids is 3. The van der Waals surface area contributed by atoms with Gasteiger partial charge in [-0.2, -0.15) is 5.26 Å². The number of aromatic hydroxyl groups is 1. The summed E-state index contributed by atoms with van der Waals surface area (Å²) >= 11 is 0. The first-order valence-electron chi connectivity index (χ1n) is 10.2. The Bertz CT molecular complexity index is 796. The van der Waals surface area contributed by atoms with Crippen LogP contribution in [0.1, 0.15) is 59.1 Å². The molecule has 0 aliphatic rings. The van der Waals surface area contributed by atoms with Crippen molar-refractivity contribution in [2.24, 2.45) is 0 Å². The molecule has 1 rings (SSSR count). The number of nitrogens with zero attached hydrogens (tertiary/aromatic N) is 2. The Morgan fingerprint density at radius 3 is 2.35 bits per heavy atom. The molecule has 0 aliphatic heterocycles. The number of hydrogen-bond donors (Lipinski definition) is 3. The van der Waals surface area contributed by atoms with Crippen LogP contribution in [0.15, 0.2) is 24.3 Å². The summed E-state index contributed by atoms with van der Waals surface area (Å²) < 4.78 is 5.18. The summed E-state index contributed by atoms with van der Waals surface area (Å²) in [7, 11) is 0. The van der Waals surface area contributed by atoms with Crippen molar-refractivity contribution in [3.8, 4) is 11.8 Å². The lowest BCUT2D eigenvalue weighted by molar-refractivity contribution is -0.141. The van der Waals surface area contributed by atoms with E-state index >= 15 is 0 Å². The molecule has 3 N–H and O–H groups in total. The number of phenolic OH excluding ortho intramolecular Hbond substituents is 1. The first-order chi connectivity index (χ1) is 14.5. The van der Waals surface area contributed by atoms with Gasteiger partial charge < -0.3 is 25.4 Å². The second kappa shape index (κ2) is 11.8. The third kappa shape index (κ3) is 8.54. The zero-order valence-corrected chi connectivity index (χ0v) is 18.8. The van der Waals surface area contributed by atoms with Crippen LogP contribution in [0.25, 0.3) is 0 Å². The topological polar surface area (TPSA) is 132 Å². The number of carbonyl (C=O) groups is 3. The van der Waals surface area contributed by atoms with Crippen LogP contribution in [0.2, 0.25) is 0 Å². The molecule has 9 heteroatoms. The molecule has 0 spiro atoms. The minimum Gasteiger partial charge on any atom is -0.508 e. The van der Waals surface area contributed by atoms with E-state index in [-0.39, 0.29) is 12.3 Å². The molecule has 0 fully saturated rings. The number of phenols is 1. The Morgan fingerprint density at radius 2 is 1.84 bits per heavy atom. The molecule has 0 aromatic heterocycles. The average Bonchev–Trinajstić information content (AvgIpc) is 2.67. The maximum atomic E-state index is 13.1. The van der Waals surface area contributed by atoms with Crippen molar-refractivity contribution in [1.82, 2.24) is 15.5 Å². The predicted octanol–water partition coefficient (Wildman–Crippen LogP) is 2.61. The lowest BCUT2D eigenvalue weighted by Gasteiger charge is -2.32. The molecule has 1 aromatic carbocycles. The fraction of sp³-hybridized carbons (Fsp3) is 0.545. The Balaban J connectivity index is 3.17. The van der Waals surface area contributed by atoms with E-state index in [1.165, 1.54) is 31.2 Å². The molecule has 0 aliphatic carbocycles. The van der Waals surface area contributed by atoms with Crippen LogP contribution in [0.4, 0.5) is 4.79 Å². The van der Waals surface area contributed by atoms with Crippen molar-refractivity contribution >= 4 is 17.9 Å². The standard InChI is InChI=1S/C22H32N4O5/c1-6-7-13-24-19(28)18(16-8-10-17(27)11-9-16)26(14-12-23)20(29)15(2)25-21(30)31-22(3,4)5/h8-11,15,18,27H,6-7,13-14H2,1-5H3,(H,24,28)(H,25,30). The minimum atomic E-state index is -1.10. The van der Waals surface area contributed by atoms with E-state index in [0.29, 0.717) is 12.1 Å². The molecule has 0 bridgehead atoms. The molecule has 0 heterocycles. The predicted molar refractivity (Wildman–Crippen MR) is 115 cm³/mol. The molecular weight excluding hydrogens is 400 g/mol. The molecular formula is C22H32N4O5. The van der Waals surface area contributed by atoms with Gasteiger partial charge in [-0.05, 0) is 51.8 Å². The van der Waals surface area contributed by atoms with Crippen molar-refractivity contribution in [2.45, 2.75) is 65.1 Å². The van der Waals surface area contributed by atoms with Crippen LogP contribution in [0.3, 0.4) is 0 Å². The molecule has 2 atom stereocenters. The highest BCUT2D eigenvalue weighted by Gasteiger charge is 2.34. The smallest absolute Gasteiger partial charge is 0.408 e. The number of ether oxygens (including phenoxy) is 1. The van der Waals surface area contributed by atoms with E-state index in [4.69, 9.17) is 4.74 Å². The lowest BCUT2D eigenvalue weighted by atomic mass is 10.0. The maximum Gasteiger partial charge on any atom is 0.408 e. The fourth-order valence-electron chi connectivity index (χ4n) is 2.78. The summed E-state index contributed by atoms with van der Waals surface area (Å²) in [4.78, 5) is 39.3. The number of unbranched alkanes of at least 4 members (excludes halogenated alkanes) is 1. The zero-order chi connectivity index (χ0) is 23.6. The Kier molecular flexibility index (Phi) is 9.80. The maximum absolute atomic E-state index is 13.1. The van der Waals surface area contributed by atoms with Gasteiger partial charge in [0.05, 0.1) is 6.07 Å². The summed E-state index contributed by atoms with van der Waals surface area (Å²) in [6.07, 6.45) is 0.859. The Hall–Kier alpha value is -3.28. The summed E-state index contributed by atoms with van der Waals surface area (Å²) in [6, 6.07) is 5.61. The SMILES string of the molecule is CCCCNC(=O)C(c1ccc(O)cc1)N(CC#N)C(=O)C(C)NC(=O)OC(C)(C)C. The van der Waals surface area contributed by atoms with Crippen molar-refractivity contribution in [3.63, 3.8) is 0 Å². The van der Waals surface area contributed by atoms with Crippen LogP contribution in [-0.2, 0) is 14.3 Å². The number of rotatable bonds is 9. The van der Waals surface area contributed by atoms with Crippen LogP contribution >= 0.6 is 0 Å². The van der Waals surface area contributed by atoms with Gasteiger partial charge in [-0.15, -0.1) is 0 Å². The highest BCUT2D eigenvalue weighted by atomic mass is 16.6. The van der Waals surface area contributed by atoms with Crippen molar-refractivity contribution < 1.29 is 24.2 Å². The first-order valence-corrected chi connectivity index (χ1v) is 10.2. The second-order valence-corrected chi connectivity index (χ2v) is 8.13. The molecule has 2 unspecified atom stereocenters. The molecule has 0 radical (unpaired) electrons. The number of amides is 3. The fourth-order valence-corrected chi connectivity index (χ4v) is 2.78. The molecule has 31 heavy (non-hydrogen) atoms. The molecule has 0 saturated carbocycles. The Morgan fingerprint density at radius 1 is 1.23 bits per heavy atom. The van der Waals surface area contributed by atoms with E-state index in [2.05, 4.69) is 10.6 Å². The number of hydrogen-bond acceptors (Lipinski definition) is 6. The van der Waals surface area contributed by atoms with E-state index in [0.717, 1.165) is 17.7 Å². The van der Waals surface area contributed by atoms with Gasteiger partial charge in [-0.3, -0.25) is 9.59 Å². The van der Waals surface area contributed by atoms with Gasteiger partial charge in [0.2, 0.25) is 11.8 Å². The van der Waals surface area contributed by atoms with Gasteiger partial charge in [-0.25, -0.2) is 4.79 Å². The number of nitrogens with one attached hydrogen (secondary N) is 2. The third-order valence-corrected chi connectivity index (χ3v) is 4.23. The van der Waals surface area contributed by atoms with E-state index in [1.54, 1.807) is 20.8 Å². The first kappa shape index (κ1) is 25.8. The third-order valence-electron chi connectivity index (χ3n) is 4.23. The Labute approximate surface area is 183 Å². The van der Waals surface area contributed by atoms with Crippen LogP contribution in [0, 0.1) is 11.3 Å². The van der Waals surface area contributed by atoms with Gasteiger partial charge in [0, 0.05) is 6.54 Å². The summed E-state index contributed by atoms with van der Waals surface area (Å²) in [6.45, 7) is 8.59. The number of benzene rings is 1. The summed E-state index contributed by atoms with van der Waals surface area (Å²) in [5.41, 5.74) is -0.313. The molecule has 0 saturated heterocycles. The van der Waals surface area contributed by atoms with Crippen LogP contribution in [-0.4, -0.2) is 52.6 Å². The van der Waals surface area contributed by atoms with Gasteiger partial charge in [0.1, 0.15) is 30.0 Å². The molecule has 9 nitrogen and oxygen atoms in total. The van der Waals surface area contributed by atoms with Crippen LogP contribution in [0.5, 0.6) is 5.75 Å². The summed E-state index contributed by atoms with van der Waals surface area (Å²) in [5, 5.41) is 24.1. The van der Waals surface area contributed by atoms with Crippen LogP contribution < -0.4 is 10.6 Å². The highest BCUT2D eigenvalue weighted by Crippen LogP contribution is 2.24. The second-order valence-electron chi connectivity index (χ2n) is 8.13. The van der Waals surface area contributed by atoms with Gasteiger partial charge in [-0.1, -0.05) is 25.5 Å². The van der Waals surface area contributed by atoms with Gasteiger partial charge in [0.25, 0.3) is 0 Å². The van der Waals surface area contributed by atoms with Crippen molar-refractivity contribution in [3.05, 3.63) is 29.8 Å². The molecule has 3 amide bonds. The monoisotopic (exact) mass is 432 g/mol. The quantitative estimate of drug-likeness (QED) is 0.406. The normalized spacial score (nSPS) is 12.8. The highest BCUT2D eigenvalue weighted by molar-refractivity contribution is 5.92. The lowest BCUT2D eigenvalue weighted by Crippen LogP contribution is -2.52. The van der Waals surface area contributed by atoms with E-state index in [1.807, 2.05) is 13.0 Å². The number of alkyl carbamates (subject to hydrolysis) is 1. The summed E-state index contributed by atoms with van der Waals surface area (Å²) in [5.74, 6) is -1.06. The number of nitriles is 1. The minimum absolute atomic E-state index is 0.00649. The zero-order valence-electron chi connectivity index (χ0n) is 18.8. The van der Waals surface area contributed by atoms with Gasteiger partial charge in [0.15, 0.2) is 0 Å². The molecule has 170 valence electrons.